The molecule has 1 fully saturated rings. The number of para-hydroxylation sites is 1. The predicted octanol–water partition coefficient (Wildman–Crippen LogP) is 2.36. The standard InChI is InChI=1S/C18H21N3O3/c1-12-10-20(9-8-15(12)18(23)24)17(22)16-11-21(19-13(16)2)14-6-4-3-5-7-14/h3-7,11-12,15H,8-10H2,1-2H3,(H,23,24). The molecule has 126 valence electrons. The number of aryl methyl sites for hydroxylation is 1. The van der Waals surface area contributed by atoms with Crippen LogP contribution in [0.2, 0.25) is 0 Å². The number of carbonyl (C=O) groups excluding carboxylic acids is 1. The Kier molecular flexibility index (Phi) is 4.38. The molecule has 0 saturated carbocycles. The molecule has 6 nitrogen and oxygen atoms in total. The minimum absolute atomic E-state index is 0.0512. The van der Waals surface area contributed by atoms with Crippen LogP contribution in [0.25, 0.3) is 5.69 Å². The number of hydrogen-bond acceptors (Lipinski definition) is 3. The van der Waals surface area contributed by atoms with Crippen LogP contribution in [-0.2, 0) is 4.79 Å². The van der Waals surface area contributed by atoms with E-state index in [9.17, 15) is 14.7 Å². The summed E-state index contributed by atoms with van der Waals surface area (Å²) in [7, 11) is 0. The molecule has 2 heterocycles. The highest BCUT2D eigenvalue weighted by Gasteiger charge is 2.34. The number of amides is 1. The maximum atomic E-state index is 12.8. The monoisotopic (exact) mass is 327 g/mol. The van der Waals surface area contributed by atoms with Gasteiger partial charge in [-0.15, -0.1) is 0 Å². The molecule has 3 rings (SSSR count). The summed E-state index contributed by atoms with van der Waals surface area (Å²) in [5.74, 6) is -1.28. The molecular weight excluding hydrogens is 306 g/mol. The first-order valence-electron chi connectivity index (χ1n) is 8.11. The van der Waals surface area contributed by atoms with Crippen molar-refractivity contribution in [1.29, 1.82) is 0 Å². The van der Waals surface area contributed by atoms with Crippen molar-refractivity contribution in [3.63, 3.8) is 0 Å². The van der Waals surface area contributed by atoms with Gasteiger partial charge >= 0.3 is 5.97 Å². The lowest BCUT2D eigenvalue weighted by Crippen LogP contribution is -2.45. The number of carboxylic acids is 1. The lowest BCUT2D eigenvalue weighted by atomic mass is 9.87. The molecule has 2 unspecified atom stereocenters. The quantitative estimate of drug-likeness (QED) is 0.939. The van der Waals surface area contributed by atoms with Crippen LogP contribution in [0.1, 0.15) is 29.4 Å². The molecule has 1 saturated heterocycles. The molecule has 1 aliphatic heterocycles. The number of carbonyl (C=O) groups is 2. The van der Waals surface area contributed by atoms with E-state index in [1.807, 2.05) is 44.2 Å². The van der Waals surface area contributed by atoms with Gasteiger partial charge in [-0.2, -0.15) is 5.10 Å². The molecule has 0 radical (unpaired) electrons. The zero-order valence-corrected chi connectivity index (χ0v) is 13.8. The summed E-state index contributed by atoms with van der Waals surface area (Å²) in [4.78, 5) is 25.8. The second-order valence-electron chi connectivity index (χ2n) is 6.37. The van der Waals surface area contributed by atoms with Gasteiger partial charge in [-0.25, -0.2) is 4.68 Å². The van der Waals surface area contributed by atoms with E-state index in [4.69, 9.17) is 0 Å². The van der Waals surface area contributed by atoms with Gasteiger partial charge in [-0.3, -0.25) is 9.59 Å². The van der Waals surface area contributed by atoms with Crippen molar-refractivity contribution in [2.75, 3.05) is 13.1 Å². The molecule has 1 aromatic heterocycles. The molecule has 0 bridgehead atoms. The molecule has 1 N–H and O–H groups in total. The van der Waals surface area contributed by atoms with Gasteiger partial charge < -0.3 is 10.0 Å². The van der Waals surface area contributed by atoms with Crippen molar-refractivity contribution >= 4 is 11.9 Å². The van der Waals surface area contributed by atoms with Crippen molar-refractivity contribution in [2.24, 2.45) is 11.8 Å². The summed E-state index contributed by atoms with van der Waals surface area (Å²) in [6, 6.07) is 9.64. The zero-order chi connectivity index (χ0) is 17.3. The number of hydrogen-bond donors (Lipinski definition) is 1. The Morgan fingerprint density at radius 3 is 2.58 bits per heavy atom. The molecule has 0 aliphatic carbocycles. The fraction of sp³-hybridized carbons (Fsp3) is 0.389. The highest BCUT2D eigenvalue weighted by molar-refractivity contribution is 5.95. The third kappa shape index (κ3) is 3.04. The molecule has 1 aromatic carbocycles. The number of piperidine rings is 1. The second-order valence-corrected chi connectivity index (χ2v) is 6.37. The highest BCUT2D eigenvalue weighted by atomic mass is 16.4. The van der Waals surface area contributed by atoms with Crippen LogP contribution in [0.4, 0.5) is 0 Å². The second kappa shape index (κ2) is 6.47. The van der Waals surface area contributed by atoms with Crippen LogP contribution in [0.3, 0.4) is 0 Å². The van der Waals surface area contributed by atoms with Gasteiger partial charge in [0.2, 0.25) is 0 Å². The molecular formula is C18H21N3O3. The van der Waals surface area contributed by atoms with E-state index in [0.29, 0.717) is 30.8 Å². The van der Waals surface area contributed by atoms with E-state index in [1.165, 1.54) is 0 Å². The number of aliphatic carboxylic acids is 1. The number of nitrogens with zero attached hydrogens (tertiary/aromatic N) is 3. The van der Waals surface area contributed by atoms with Crippen LogP contribution < -0.4 is 0 Å². The number of aromatic nitrogens is 2. The first kappa shape index (κ1) is 16.2. The summed E-state index contributed by atoms with van der Waals surface area (Å²) >= 11 is 0. The maximum absolute atomic E-state index is 12.8. The van der Waals surface area contributed by atoms with Gasteiger partial charge in [0.25, 0.3) is 5.91 Å². The number of likely N-dealkylation sites (tertiary alicyclic amines) is 1. The normalized spacial score (nSPS) is 20.8. The van der Waals surface area contributed by atoms with Crippen LogP contribution in [0.15, 0.2) is 36.5 Å². The van der Waals surface area contributed by atoms with E-state index >= 15 is 0 Å². The van der Waals surface area contributed by atoms with Gasteiger partial charge in [0, 0.05) is 19.3 Å². The third-order valence-corrected chi connectivity index (χ3v) is 4.66. The highest BCUT2D eigenvalue weighted by Crippen LogP contribution is 2.25. The van der Waals surface area contributed by atoms with Crippen LogP contribution in [-0.4, -0.2) is 44.8 Å². The molecule has 2 aromatic rings. The van der Waals surface area contributed by atoms with Crippen LogP contribution in [0.5, 0.6) is 0 Å². The van der Waals surface area contributed by atoms with E-state index in [-0.39, 0.29) is 17.7 Å². The Hall–Kier alpha value is -2.63. The Bertz CT molecular complexity index is 754. The zero-order valence-electron chi connectivity index (χ0n) is 13.8. The van der Waals surface area contributed by atoms with Crippen molar-refractivity contribution in [2.45, 2.75) is 20.3 Å². The van der Waals surface area contributed by atoms with Crippen molar-refractivity contribution < 1.29 is 14.7 Å². The first-order chi connectivity index (χ1) is 11.5. The van der Waals surface area contributed by atoms with Gasteiger partial charge in [0.1, 0.15) is 0 Å². The average Bonchev–Trinajstić information content (AvgIpc) is 2.96. The maximum Gasteiger partial charge on any atom is 0.306 e. The first-order valence-corrected chi connectivity index (χ1v) is 8.11. The van der Waals surface area contributed by atoms with Crippen molar-refractivity contribution in [3.8, 4) is 5.69 Å². The fourth-order valence-corrected chi connectivity index (χ4v) is 3.25. The molecule has 0 spiro atoms. The van der Waals surface area contributed by atoms with E-state index in [2.05, 4.69) is 5.10 Å². The van der Waals surface area contributed by atoms with Crippen molar-refractivity contribution in [1.82, 2.24) is 14.7 Å². The smallest absolute Gasteiger partial charge is 0.306 e. The topological polar surface area (TPSA) is 75.4 Å². The lowest BCUT2D eigenvalue weighted by molar-refractivity contribution is -0.145. The molecule has 1 aliphatic rings. The fourth-order valence-electron chi connectivity index (χ4n) is 3.25. The average molecular weight is 327 g/mol. The van der Waals surface area contributed by atoms with Gasteiger partial charge in [0.05, 0.1) is 22.9 Å². The Morgan fingerprint density at radius 2 is 1.96 bits per heavy atom. The van der Waals surface area contributed by atoms with E-state index in [1.54, 1.807) is 15.8 Å². The molecule has 1 amide bonds. The van der Waals surface area contributed by atoms with Crippen LogP contribution in [0, 0.1) is 18.8 Å². The molecule has 2 atom stereocenters. The Labute approximate surface area is 140 Å². The van der Waals surface area contributed by atoms with Gasteiger partial charge in [-0.05, 0) is 31.4 Å². The third-order valence-electron chi connectivity index (χ3n) is 4.66. The minimum Gasteiger partial charge on any atom is -0.481 e. The number of rotatable bonds is 3. The summed E-state index contributed by atoms with van der Waals surface area (Å²) in [5, 5.41) is 13.6. The molecule has 24 heavy (non-hydrogen) atoms. The predicted molar refractivity (Wildman–Crippen MR) is 89.1 cm³/mol. The van der Waals surface area contributed by atoms with Gasteiger partial charge in [0.15, 0.2) is 0 Å². The summed E-state index contributed by atoms with van der Waals surface area (Å²) in [5.41, 5.74) is 2.15. The number of carboxylic acid groups (broad SMARTS) is 1. The Morgan fingerprint density at radius 1 is 1.25 bits per heavy atom. The molecule has 6 heteroatoms. The minimum atomic E-state index is -0.775. The van der Waals surface area contributed by atoms with E-state index < -0.39 is 5.97 Å². The summed E-state index contributed by atoms with van der Waals surface area (Å²) < 4.78 is 1.70. The SMILES string of the molecule is Cc1nn(-c2ccccc2)cc1C(=O)N1CCC(C(=O)O)C(C)C1. The van der Waals surface area contributed by atoms with Crippen LogP contribution >= 0.6 is 0 Å². The number of benzene rings is 1. The van der Waals surface area contributed by atoms with E-state index in [0.717, 1.165) is 5.69 Å². The largest absolute Gasteiger partial charge is 0.481 e. The van der Waals surface area contributed by atoms with Gasteiger partial charge in [-0.1, -0.05) is 25.1 Å². The summed E-state index contributed by atoms with van der Waals surface area (Å²) in [6.45, 7) is 4.64. The Balaban J connectivity index is 1.79. The van der Waals surface area contributed by atoms with Crippen molar-refractivity contribution in [3.05, 3.63) is 47.8 Å². The lowest BCUT2D eigenvalue weighted by Gasteiger charge is -2.34. The summed E-state index contributed by atoms with van der Waals surface area (Å²) in [6.07, 6.45) is 2.25.